The van der Waals surface area contributed by atoms with E-state index in [0.717, 1.165) is 12.8 Å². The summed E-state index contributed by atoms with van der Waals surface area (Å²) < 4.78 is 4.81. The molecule has 0 aromatic carbocycles. The van der Waals surface area contributed by atoms with Crippen LogP contribution < -0.4 is 16.0 Å². The number of hydrogen-bond donors (Lipinski definition) is 3. The van der Waals surface area contributed by atoms with E-state index in [1.54, 1.807) is 7.11 Å². The van der Waals surface area contributed by atoms with Crippen LogP contribution in [0.5, 0.6) is 0 Å². The maximum Gasteiger partial charge on any atom is 0.234 e. The molecule has 0 spiro atoms. The second-order valence-corrected chi connectivity index (χ2v) is 4.50. The third-order valence-electron chi connectivity index (χ3n) is 2.92. The normalized spacial score (nSPS) is 15.6. The van der Waals surface area contributed by atoms with Crippen LogP contribution in [-0.2, 0) is 14.3 Å². The molecule has 1 aliphatic carbocycles. The van der Waals surface area contributed by atoms with Crippen LogP contribution in [0.2, 0.25) is 0 Å². The number of carbonyl (C=O) groups is 2. The summed E-state index contributed by atoms with van der Waals surface area (Å²) in [5, 5.41) is 8.44. The van der Waals surface area contributed by atoms with Crippen molar-refractivity contribution in [2.24, 2.45) is 0 Å². The SMILES string of the molecule is COCCNC(=O)CNCC(=O)NC1CCCC1. The Bertz CT molecular complexity index is 265. The van der Waals surface area contributed by atoms with Crippen LogP contribution >= 0.6 is 0 Å². The number of amides is 2. The van der Waals surface area contributed by atoms with Crippen LogP contribution in [0.3, 0.4) is 0 Å². The molecule has 18 heavy (non-hydrogen) atoms. The summed E-state index contributed by atoms with van der Waals surface area (Å²) in [5.74, 6) is -0.160. The first-order chi connectivity index (χ1) is 8.72. The summed E-state index contributed by atoms with van der Waals surface area (Å²) in [5.41, 5.74) is 0. The van der Waals surface area contributed by atoms with Gasteiger partial charge in [-0.1, -0.05) is 12.8 Å². The minimum atomic E-state index is -0.124. The zero-order valence-electron chi connectivity index (χ0n) is 11.0. The van der Waals surface area contributed by atoms with Crippen molar-refractivity contribution in [1.29, 1.82) is 0 Å². The van der Waals surface area contributed by atoms with Gasteiger partial charge in [0.15, 0.2) is 0 Å². The largest absolute Gasteiger partial charge is 0.383 e. The van der Waals surface area contributed by atoms with E-state index in [1.165, 1.54) is 12.8 Å². The summed E-state index contributed by atoms with van der Waals surface area (Å²) in [6.07, 6.45) is 4.53. The Morgan fingerprint density at radius 2 is 1.83 bits per heavy atom. The van der Waals surface area contributed by atoms with Gasteiger partial charge in [-0.05, 0) is 12.8 Å². The van der Waals surface area contributed by atoms with E-state index in [1.807, 2.05) is 0 Å². The van der Waals surface area contributed by atoms with Crippen molar-refractivity contribution in [3.63, 3.8) is 0 Å². The highest BCUT2D eigenvalue weighted by atomic mass is 16.5. The van der Waals surface area contributed by atoms with Gasteiger partial charge in [-0.2, -0.15) is 0 Å². The molecular formula is C12H23N3O3. The molecule has 6 heteroatoms. The van der Waals surface area contributed by atoms with Crippen LogP contribution in [0.1, 0.15) is 25.7 Å². The highest BCUT2D eigenvalue weighted by Crippen LogP contribution is 2.17. The Labute approximate surface area is 108 Å². The molecule has 1 aliphatic rings. The van der Waals surface area contributed by atoms with Crippen molar-refractivity contribution in [1.82, 2.24) is 16.0 Å². The van der Waals surface area contributed by atoms with Gasteiger partial charge in [-0.3, -0.25) is 14.9 Å². The van der Waals surface area contributed by atoms with E-state index < -0.39 is 0 Å². The van der Waals surface area contributed by atoms with E-state index in [2.05, 4.69) is 16.0 Å². The van der Waals surface area contributed by atoms with Gasteiger partial charge in [0.05, 0.1) is 19.7 Å². The summed E-state index contributed by atoms with van der Waals surface area (Å²) >= 11 is 0. The second kappa shape index (κ2) is 8.88. The van der Waals surface area contributed by atoms with Crippen LogP contribution in [-0.4, -0.2) is 51.2 Å². The molecule has 104 valence electrons. The number of carbonyl (C=O) groups excluding carboxylic acids is 2. The molecule has 0 radical (unpaired) electrons. The molecule has 1 rings (SSSR count). The average molecular weight is 257 g/mol. The lowest BCUT2D eigenvalue weighted by molar-refractivity contribution is -0.121. The van der Waals surface area contributed by atoms with Gasteiger partial charge in [0.25, 0.3) is 0 Å². The lowest BCUT2D eigenvalue weighted by atomic mass is 10.2. The van der Waals surface area contributed by atoms with Crippen molar-refractivity contribution in [3.05, 3.63) is 0 Å². The molecule has 1 saturated carbocycles. The Morgan fingerprint density at radius 1 is 1.17 bits per heavy atom. The molecule has 0 aromatic heterocycles. The van der Waals surface area contributed by atoms with E-state index in [9.17, 15) is 9.59 Å². The van der Waals surface area contributed by atoms with Crippen molar-refractivity contribution >= 4 is 11.8 Å². The number of hydrogen-bond acceptors (Lipinski definition) is 4. The van der Waals surface area contributed by atoms with Crippen molar-refractivity contribution < 1.29 is 14.3 Å². The molecule has 0 bridgehead atoms. The van der Waals surface area contributed by atoms with E-state index in [4.69, 9.17) is 4.74 Å². The molecule has 0 unspecified atom stereocenters. The maximum atomic E-state index is 11.5. The van der Waals surface area contributed by atoms with Gasteiger partial charge < -0.3 is 15.4 Å². The molecule has 2 amide bonds. The lowest BCUT2D eigenvalue weighted by Gasteiger charge is -2.12. The first-order valence-electron chi connectivity index (χ1n) is 6.48. The summed E-state index contributed by atoms with van der Waals surface area (Å²) in [6.45, 7) is 1.33. The topological polar surface area (TPSA) is 79.5 Å². The van der Waals surface area contributed by atoms with Crippen LogP contribution in [0.25, 0.3) is 0 Å². The Kier molecular flexibility index (Phi) is 7.36. The maximum absolute atomic E-state index is 11.5. The molecule has 0 saturated heterocycles. The summed E-state index contributed by atoms with van der Waals surface area (Å²) in [4.78, 5) is 22.8. The summed E-state index contributed by atoms with van der Waals surface area (Å²) in [6, 6.07) is 0.329. The lowest BCUT2D eigenvalue weighted by Crippen LogP contribution is -2.42. The first kappa shape index (κ1) is 14.9. The number of ether oxygens (including phenoxy) is 1. The van der Waals surface area contributed by atoms with Gasteiger partial charge >= 0.3 is 0 Å². The van der Waals surface area contributed by atoms with E-state index >= 15 is 0 Å². The highest BCUT2D eigenvalue weighted by molar-refractivity contribution is 5.81. The molecular weight excluding hydrogens is 234 g/mol. The van der Waals surface area contributed by atoms with Gasteiger partial charge in [0, 0.05) is 19.7 Å². The summed E-state index contributed by atoms with van der Waals surface area (Å²) in [7, 11) is 1.58. The van der Waals surface area contributed by atoms with Crippen LogP contribution in [0.4, 0.5) is 0 Å². The Morgan fingerprint density at radius 3 is 2.50 bits per heavy atom. The first-order valence-corrected chi connectivity index (χ1v) is 6.48. The molecule has 0 aliphatic heterocycles. The minimum absolute atomic E-state index is 0.0356. The molecule has 3 N–H and O–H groups in total. The third-order valence-corrected chi connectivity index (χ3v) is 2.92. The van der Waals surface area contributed by atoms with Crippen molar-refractivity contribution in [2.45, 2.75) is 31.7 Å². The van der Waals surface area contributed by atoms with Gasteiger partial charge in [-0.15, -0.1) is 0 Å². The van der Waals surface area contributed by atoms with Crippen LogP contribution in [0.15, 0.2) is 0 Å². The fraction of sp³-hybridized carbons (Fsp3) is 0.833. The van der Waals surface area contributed by atoms with Gasteiger partial charge in [0.1, 0.15) is 0 Å². The quantitative estimate of drug-likeness (QED) is 0.507. The average Bonchev–Trinajstić information content (AvgIpc) is 2.82. The fourth-order valence-electron chi connectivity index (χ4n) is 1.99. The molecule has 0 heterocycles. The zero-order valence-corrected chi connectivity index (χ0v) is 11.0. The van der Waals surface area contributed by atoms with Crippen molar-refractivity contribution in [2.75, 3.05) is 33.4 Å². The number of rotatable bonds is 8. The van der Waals surface area contributed by atoms with Crippen LogP contribution in [0, 0.1) is 0 Å². The smallest absolute Gasteiger partial charge is 0.234 e. The number of methoxy groups -OCH3 is 1. The standard InChI is InChI=1S/C12H23N3O3/c1-18-7-6-14-11(16)8-13-9-12(17)15-10-4-2-3-5-10/h10,13H,2-9H2,1H3,(H,14,16)(H,15,17). The van der Waals surface area contributed by atoms with Crippen molar-refractivity contribution in [3.8, 4) is 0 Å². The highest BCUT2D eigenvalue weighted by Gasteiger charge is 2.16. The second-order valence-electron chi connectivity index (χ2n) is 4.50. The number of nitrogens with one attached hydrogen (secondary N) is 3. The zero-order chi connectivity index (χ0) is 13.2. The predicted octanol–water partition coefficient (Wildman–Crippen LogP) is -0.603. The fourth-order valence-corrected chi connectivity index (χ4v) is 1.99. The predicted molar refractivity (Wildman–Crippen MR) is 68.2 cm³/mol. The van der Waals surface area contributed by atoms with E-state index in [-0.39, 0.29) is 24.9 Å². The van der Waals surface area contributed by atoms with Gasteiger partial charge in [-0.25, -0.2) is 0 Å². The van der Waals surface area contributed by atoms with E-state index in [0.29, 0.717) is 19.2 Å². The molecule has 1 fully saturated rings. The minimum Gasteiger partial charge on any atom is -0.383 e. The monoisotopic (exact) mass is 257 g/mol. The Hall–Kier alpha value is -1.14. The Balaban J connectivity index is 1.98. The third kappa shape index (κ3) is 6.56. The molecule has 0 atom stereocenters. The van der Waals surface area contributed by atoms with Gasteiger partial charge in [0.2, 0.25) is 11.8 Å². The molecule has 0 aromatic rings. The molecule has 6 nitrogen and oxygen atoms in total.